The van der Waals surface area contributed by atoms with Crippen molar-refractivity contribution in [3.63, 3.8) is 0 Å². The van der Waals surface area contributed by atoms with E-state index < -0.39 is 5.97 Å². The summed E-state index contributed by atoms with van der Waals surface area (Å²) in [6.45, 7) is 2.45. The average molecular weight is 418 g/mol. The van der Waals surface area contributed by atoms with Gasteiger partial charge in [0, 0.05) is 23.0 Å². The molecule has 162 valence electrons. The van der Waals surface area contributed by atoms with Crippen LogP contribution in [0.2, 0.25) is 0 Å². The van der Waals surface area contributed by atoms with E-state index in [2.05, 4.69) is 30.4 Å². The molecule has 5 unspecified atom stereocenters. The third-order valence-electron chi connectivity index (χ3n) is 7.98. The highest BCUT2D eigenvalue weighted by molar-refractivity contribution is 5.85. The lowest BCUT2D eigenvalue weighted by Crippen LogP contribution is -2.38. The molecule has 0 spiro atoms. The first-order chi connectivity index (χ1) is 14.9. The second kappa shape index (κ2) is 7.74. The van der Waals surface area contributed by atoms with Gasteiger partial charge in [-0.1, -0.05) is 19.1 Å². The van der Waals surface area contributed by atoms with E-state index in [1.165, 1.54) is 37.7 Å². The maximum atomic E-state index is 10.7. The topological polar surface area (TPSA) is 58.6 Å². The summed E-state index contributed by atoms with van der Waals surface area (Å²) >= 11 is 0. The Balaban J connectivity index is 1.39. The first-order valence-electron chi connectivity index (χ1n) is 11.4. The van der Waals surface area contributed by atoms with Crippen molar-refractivity contribution < 1.29 is 14.6 Å². The number of hydrogen-bond acceptors (Lipinski definition) is 3. The number of benzene rings is 2. The highest BCUT2D eigenvalue weighted by atomic mass is 16.5. The van der Waals surface area contributed by atoms with E-state index in [0.717, 1.165) is 52.4 Å². The molecule has 2 aromatic carbocycles. The Kier molecular flexibility index (Phi) is 5.04. The predicted molar refractivity (Wildman–Crippen MR) is 124 cm³/mol. The molecule has 0 radical (unpaired) electrons. The Bertz CT molecular complexity index is 1010. The van der Waals surface area contributed by atoms with Crippen LogP contribution in [0.3, 0.4) is 0 Å². The van der Waals surface area contributed by atoms with Gasteiger partial charge in [0.25, 0.3) is 0 Å². The molecule has 5 rings (SSSR count). The van der Waals surface area contributed by atoms with Crippen LogP contribution in [0.4, 0.5) is 11.4 Å². The first kappa shape index (κ1) is 20.2. The Morgan fingerprint density at radius 2 is 1.84 bits per heavy atom. The van der Waals surface area contributed by atoms with Gasteiger partial charge in [0.15, 0.2) is 0 Å². The van der Waals surface area contributed by atoms with Crippen molar-refractivity contribution in [1.82, 2.24) is 0 Å². The molecule has 3 saturated carbocycles. The number of ether oxygens (including phenoxy) is 1. The van der Waals surface area contributed by atoms with E-state index in [1.807, 2.05) is 24.3 Å². The molecule has 4 heteroatoms. The van der Waals surface area contributed by atoms with Gasteiger partial charge in [0.05, 0.1) is 7.11 Å². The molecule has 31 heavy (non-hydrogen) atoms. The zero-order chi connectivity index (χ0) is 21.6. The smallest absolute Gasteiger partial charge is 0.328 e. The maximum absolute atomic E-state index is 10.7. The van der Waals surface area contributed by atoms with Crippen LogP contribution in [-0.4, -0.2) is 18.2 Å². The number of carboxylic acid groups (broad SMARTS) is 1. The van der Waals surface area contributed by atoms with Gasteiger partial charge in [-0.25, -0.2) is 4.79 Å². The molecular weight excluding hydrogens is 386 g/mol. The largest absolute Gasteiger partial charge is 0.496 e. The summed E-state index contributed by atoms with van der Waals surface area (Å²) in [6.07, 6.45) is 9.59. The molecule has 0 heterocycles. The van der Waals surface area contributed by atoms with Crippen molar-refractivity contribution in [2.75, 3.05) is 12.4 Å². The minimum Gasteiger partial charge on any atom is -0.496 e. The molecule has 2 N–H and O–H groups in total. The SMILES string of the molecule is COc1ccc(Nc2ccc(/C=C/C(=O)O)cc2)cc1C1(C)CC2CC3CC(C1)C3C2. The van der Waals surface area contributed by atoms with E-state index in [9.17, 15) is 4.79 Å². The van der Waals surface area contributed by atoms with Gasteiger partial charge in [-0.15, -0.1) is 0 Å². The van der Waals surface area contributed by atoms with Crippen molar-refractivity contribution in [2.45, 2.75) is 44.4 Å². The molecule has 2 bridgehead atoms. The van der Waals surface area contributed by atoms with Gasteiger partial charge in [-0.2, -0.15) is 0 Å². The third kappa shape index (κ3) is 3.84. The summed E-state index contributed by atoms with van der Waals surface area (Å²) < 4.78 is 5.82. The molecule has 0 aromatic heterocycles. The van der Waals surface area contributed by atoms with Crippen LogP contribution in [0.25, 0.3) is 6.08 Å². The lowest BCUT2D eigenvalue weighted by Gasteiger charge is -2.46. The Morgan fingerprint density at radius 1 is 1.06 bits per heavy atom. The van der Waals surface area contributed by atoms with Crippen LogP contribution in [0, 0.1) is 23.7 Å². The third-order valence-corrected chi connectivity index (χ3v) is 7.98. The van der Waals surface area contributed by atoms with E-state index >= 15 is 0 Å². The first-order valence-corrected chi connectivity index (χ1v) is 11.4. The fraction of sp³-hybridized carbons (Fsp3) is 0.444. The second-order valence-corrected chi connectivity index (χ2v) is 10.1. The molecule has 0 amide bonds. The molecule has 0 saturated heterocycles. The van der Waals surface area contributed by atoms with Gasteiger partial charge in [-0.05, 0) is 103 Å². The van der Waals surface area contributed by atoms with E-state index in [1.54, 1.807) is 13.2 Å². The summed E-state index contributed by atoms with van der Waals surface area (Å²) in [4.78, 5) is 10.7. The Labute approximate surface area is 184 Å². The quantitative estimate of drug-likeness (QED) is 0.545. The van der Waals surface area contributed by atoms with Crippen LogP contribution in [0.15, 0.2) is 48.5 Å². The number of anilines is 2. The minimum absolute atomic E-state index is 0.157. The fourth-order valence-corrected chi connectivity index (χ4v) is 6.68. The monoisotopic (exact) mass is 417 g/mol. The number of carbonyl (C=O) groups is 1. The predicted octanol–water partition coefficient (Wildman–Crippen LogP) is 6.25. The zero-order valence-electron chi connectivity index (χ0n) is 18.3. The number of nitrogens with one attached hydrogen (secondary N) is 1. The standard InChI is InChI=1S/C27H31NO3/c1-27(15-18-11-19-13-20(16-27)23(19)12-18)24-14-22(8-9-25(24)31-2)28-21-6-3-17(4-7-21)5-10-26(29)30/h3-10,14,18-20,23,28H,11-13,15-16H2,1-2H3,(H,29,30)/b10-5+. The van der Waals surface area contributed by atoms with Gasteiger partial charge in [0.1, 0.15) is 5.75 Å². The van der Waals surface area contributed by atoms with Crippen LogP contribution in [0.5, 0.6) is 5.75 Å². The van der Waals surface area contributed by atoms with Crippen LogP contribution in [-0.2, 0) is 10.2 Å². The lowest BCUT2D eigenvalue weighted by atomic mass is 9.59. The number of rotatable bonds is 6. The molecule has 4 nitrogen and oxygen atoms in total. The summed E-state index contributed by atoms with van der Waals surface area (Å²) in [5.41, 5.74) is 4.40. The molecule has 3 fully saturated rings. The number of carboxylic acids is 1. The summed E-state index contributed by atoms with van der Waals surface area (Å²) in [5, 5.41) is 12.3. The summed E-state index contributed by atoms with van der Waals surface area (Å²) in [7, 11) is 1.78. The molecule has 3 aliphatic carbocycles. The lowest BCUT2D eigenvalue weighted by molar-refractivity contribution is -0.131. The summed E-state index contributed by atoms with van der Waals surface area (Å²) in [5.74, 6) is 3.80. The Hall–Kier alpha value is -2.75. The zero-order valence-corrected chi connectivity index (χ0v) is 18.3. The minimum atomic E-state index is -0.939. The molecule has 5 atom stereocenters. The highest BCUT2D eigenvalue weighted by Crippen LogP contribution is 2.63. The van der Waals surface area contributed by atoms with Gasteiger partial charge < -0.3 is 15.2 Å². The number of aliphatic carboxylic acids is 1. The molecule has 2 aromatic rings. The van der Waals surface area contributed by atoms with Crippen molar-refractivity contribution in [3.8, 4) is 5.75 Å². The maximum Gasteiger partial charge on any atom is 0.328 e. The van der Waals surface area contributed by atoms with Gasteiger partial charge >= 0.3 is 5.97 Å². The van der Waals surface area contributed by atoms with Crippen LogP contribution >= 0.6 is 0 Å². The van der Waals surface area contributed by atoms with Crippen molar-refractivity contribution >= 4 is 23.4 Å². The van der Waals surface area contributed by atoms with Crippen LogP contribution in [0.1, 0.15) is 50.2 Å². The van der Waals surface area contributed by atoms with Gasteiger partial charge in [0.2, 0.25) is 0 Å². The van der Waals surface area contributed by atoms with Crippen LogP contribution < -0.4 is 10.1 Å². The number of fused-ring (bicyclic) bond motifs is 1. The van der Waals surface area contributed by atoms with Gasteiger partial charge in [-0.3, -0.25) is 0 Å². The van der Waals surface area contributed by atoms with Crippen molar-refractivity contribution in [2.24, 2.45) is 23.7 Å². The van der Waals surface area contributed by atoms with E-state index in [-0.39, 0.29) is 5.41 Å². The Morgan fingerprint density at radius 3 is 2.58 bits per heavy atom. The van der Waals surface area contributed by atoms with Crippen molar-refractivity contribution in [1.29, 1.82) is 0 Å². The average Bonchev–Trinajstić information content (AvgIpc) is 3.00. The fourth-order valence-electron chi connectivity index (χ4n) is 6.68. The van der Waals surface area contributed by atoms with E-state index in [0.29, 0.717) is 0 Å². The molecule has 0 aliphatic heterocycles. The molecule has 3 aliphatic rings. The number of hydrogen-bond donors (Lipinski definition) is 2. The normalized spacial score (nSPS) is 31.2. The van der Waals surface area contributed by atoms with Crippen molar-refractivity contribution in [3.05, 3.63) is 59.7 Å². The van der Waals surface area contributed by atoms with E-state index in [4.69, 9.17) is 9.84 Å². The number of methoxy groups -OCH3 is 1. The second-order valence-electron chi connectivity index (χ2n) is 10.1. The highest BCUT2D eigenvalue weighted by Gasteiger charge is 2.54. The summed E-state index contributed by atoms with van der Waals surface area (Å²) in [6, 6.07) is 14.3. The molecular formula is C27H31NO3.